The number of alkyl halides is 3. The summed E-state index contributed by atoms with van der Waals surface area (Å²) in [6, 6.07) is 11.4. The molecule has 1 aliphatic rings. The zero-order chi connectivity index (χ0) is 24.9. The first-order chi connectivity index (χ1) is 15.8. The van der Waals surface area contributed by atoms with E-state index < -0.39 is 11.7 Å². The molecule has 0 radical (unpaired) electrons. The molecule has 1 unspecified atom stereocenters. The van der Waals surface area contributed by atoms with Crippen LogP contribution in [0.4, 0.5) is 24.5 Å². The van der Waals surface area contributed by atoms with Crippen LogP contribution in [0.3, 0.4) is 0 Å². The number of amides is 1. The number of nitriles is 1. The number of rotatable bonds is 5. The number of hydrogen-bond acceptors (Lipinski definition) is 5. The van der Waals surface area contributed by atoms with Crippen molar-refractivity contribution in [1.82, 2.24) is 10.9 Å². The van der Waals surface area contributed by atoms with Gasteiger partial charge in [0.15, 0.2) is 6.29 Å². The van der Waals surface area contributed by atoms with Crippen molar-refractivity contribution in [3.05, 3.63) is 59.7 Å². The van der Waals surface area contributed by atoms with Crippen LogP contribution in [-0.2, 0) is 11.0 Å². The number of nitrogens with zero attached hydrogens (tertiary/aromatic N) is 1. The van der Waals surface area contributed by atoms with Crippen molar-refractivity contribution in [2.75, 3.05) is 12.4 Å². The third-order valence-electron chi connectivity index (χ3n) is 4.81. The minimum atomic E-state index is -4.35. The van der Waals surface area contributed by atoms with E-state index in [-0.39, 0.29) is 18.5 Å². The summed E-state index contributed by atoms with van der Waals surface area (Å²) in [4.78, 5) is 22.0. The number of anilines is 2. The predicted molar refractivity (Wildman–Crippen MR) is 124 cm³/mol. The van der Waals surface area contributed by atoms with Crippen LogP contribution in [0.15, 0.2) is 48.5 Å². The fraction of sp³-hybridized carbons (Fsp3) is 0.348. The highest BCUT2D eigenvalue weighted by Gasteiger charge is 2.32. The maximum atomic E-state index is 12.4. The molecular formula is C23H28BF3N4O2. The molecule has 1 heterocycles. The van der Waals surface area contributed by atoms with Gasteiger partial charge < -0.3 is 5.32 Å². The summed E-state index contributed by atoms with van der Waals surface area (Å²) < 4.78 is 37.2. The van der Waals surface area contributed by atoms with Crippen LogP contribution in [0.5, 0.6) is 0 Å². The maximum Gasteiger partial charge on any atom is 0.416 e. The second-order valence-corrected chi connectivity index (χ2v) is 6.98. The minimum absolute atomic E-state index is 0.00949. The smallest absolute Gasteiger partial charge is 0.355 e. The molecule has 1 atom stereocenters. The van der Waals surface area contributed by atoms with E-state index >= 15 is 0 Å². The lowest BCUT2D eigenvalue weighted by molar-refractivity contribution is -0.137. The molecule has 6 nitrogen and oxygen atoms in total. The first kappa shape index (κ1) is 27.7. The van der Waals surface area contributed by atoms with Gasteiger partial charge in [0, 0.05) is 35.9 Å². The fourth-order valence-electron chi connectivity index (χ4n) is 3.17. The van der Waals surface area contributed by atoms with Crippen LogP contribution in [0.2, 0.25) is 12.6 Å². The second kappa shape index (κ2) is 14.0. The monoisotopic (exact) mass is 460 g/mol. The zero-order valence-electron chi connectivity index (χ0n) is 18.9. The molecule has 33 heavy (non-hydrogen) atoms. The fourth-order valence-corrected chi connectivity index (χ4v) is 3.17. The third kappa shape index (κ3) is 8.98. The summed E-state index contributed by atoms with van der Waals surface area (Å²) in [5.74, 6) is 2.23. The van der Waals surface area contributed by atoms with Crippen LogP contribution in [0.1, 0.15) is 36.2 Å². The minimum Gasteiger partial charge on any atom is -0.355 e. The van der Waals surface area contributed by atoms with Crippen LogP contribution in [0.25, 0.3) is 0 Å². The lowest BCUT2D eigenvalue weighted by atomic mass is 9.50. The van der Waals surface area contributed by atoms with Gasteiger partial charge in [-0.3, -0.25) is 15.0 Å². The molecule has 10 heteroatoms. The van der Waals surface area contributed by atoms with Gasteiger partial charge in [0.25, 0.3) is 6.71 Å². The van der Waals surface area contributed by atoms with Crippen LogP contribution in [-0.4, -0.2) is 26.0 Å². The van der Waals surface area contributed by atoms with Gasteiger partial charge in [0.1, 0.15) is 0 Å². The van der Waals surface area contributed by atoms with Crippen molar-refractivity contribution in [3.63, 3.8) is 0 Å². The number of para-hydroxylation sites is 1. The molecule has 0 spiro atoms. The van der Waals surface area contributed by atoms with Gasteiger partial charge in [-0.05, 0) is 49.1 Å². The molecule has 0 bridgehead atoms. The van der Waals surface area contributed by atoms with Crippen LogP contribution in [0, 0.1) is 17.1 Å². The lowest BCUT2D eigenvalue weighted by Gasteiger charge is -2.10. The Balaban J connectivity index is 0.000000335. The first-order valence-corrected chi connectivity index (χ1v) is 10.6. The Hall–Kier alpha value is -3.32. The van der Waals surface area contributed by atoms with Gasteiger partial charge in [0.05, 0.1) is 5.56 Å². The molecule has 0 saturated carbocycles. The Bertz CT molecular complexity index is 931. The van der Waals surface area contributed by atoms with E-state index in [1.165, 1.54) is 12.1 Å². The quantitative estimate of drug-likeness (QED) is 0.328. The second-order valence-electron chi connectivity index (χ2n) is 6.98. The van der Waals surface area contributed by atoms with Crippen molar-refractivity contribution >= 4 is 30.3 Å². The van der Waals surface area contributed by atoms with Crippen LogP contribution >= 0.6 is 0 Å². The van der Waals surface area contributed by atoms with E-state index in [0.717, 1.165) is 24.9 Å². The summed E-state index contributed by atoms with van der Waals surface area (Å²) in [6.07, 6.45) is -1.25. The van der Waals surface area contributed by atoms with E-state index in [9.17, 15) is 22.8 Å². The molecule has 2 aromatic rings. The van der Waals surface area contributed by atoms with E-state index in [0.29, 0.717) is 29.5 Å². The topological polar surface area (TPSA) is 94.0 Å². The zero-order valence-corrected chi connectivity index (χ0v) is 18.9. The number of hydrazine groups is 1. The molecule has 1 aliphatic heterocycles. The van der Waals surface area contributed by atoms with Crippen molar-refractivity contribution in [2.24, 2.45) is 5.92 Å². The van der Waals surface area contributed by atoms with Gasteiger partial charge in [-0.25, -0.2) is 10.7 Å². The number of carbonyl (C=O) groups is 2. The van der Waals surface area contributed by atoms with E-state index in [2.05, 4.69) is 22.1 Å². The standard InChI is InChI=1S/C14H10F3NO.C7H12BN3O.C2H6/c15-14(16,17)11-5-7-12(8-6-11)18-13-4-2-1-3-10(13)9-19;1-10-11-7(12)6-2-3-8(4-6)5-9;1-2/h1-9,18H;6,10H,2-4H2,1H3,(H,11,12);1-2H3. The average molecular weight is 460 g/mol. The molecule has 1 saturated heterocycles. The molecule has 0 aromatic heterocycles. The van der Waals surface area contributed by atoms with Crippen molar-refractivity contribution in [3.8, 4) is 5.97 Å². The first-order valence-electron chi connectivity index (χ1n) is 10.6. The van der Waals surface area contributed by atoms with Crippen molar-refractivity contribution in [1.29, 1.82) is 5.26 Å². The molecule has 3 N–H and O–H groups in total. The molecular weight excluding hydrogens is 432 g/mol. The average Bonchev–Trinajstić information content (AvgIpc) is 3.31. The van der Waals surface area contributed by atoms with Gasteiger partial charge in [-0.2, -0.15) is 13.2 Å². The summed E-state index contributed by atoms with van der Waals surface area (Å²) in [7, 11) is 1.66. The SMILES string of the molecule is CC.CNNC(=O)C1CCB(C#N)C1.O=Cc1ccccc1Nc1ccc(C(F)(F)F)cc1. The Kier molecular flexibility index (Phi) is 11.7. The number of carbonyl (C=O) groups excluding carboxylic acids is 2. The molecule has 176 valence electrons. The van der Waals surface area contributed by atoms with E-state index in [1.54, 1.807) is 31.3 Å². The normalized spacial score (nSPS) is 14.6. The van der Waals surface area contributed by atoms with Crippen molar-refractivity contribution in [2.45, 2.75) is 39.1 Å². The Morgan fingerprint density at radius 1 is 1.15 bits per heavy atom. The number of aldehydes is 1. The van der Waals surface area contributed by atoms with Gasteiger partial charge >= 0.3 is 6.18 Å². The summed E-state index contributed by atoms with van der Waals surface area (Å²) >= 11 is 0. The lowest BCUT2D eigenvalue weighted by Crippen LogP contribution is -2.38. The number of benzene rings is 2. The van der Waals surface area contributed by atoms with E-state index in [4.69, 9.17) is 5.26 Å². The highest BCUT2D eigenvalue weighted by Crippen LogP contribution is 2.30. The summed E-state index contributed by atoms with van der Waals surface area (Å²) in [5, 5.41) is 11.5. The number of hydrogen-bond donors (Lipinski definition) is 3. The molecule has 1 amide bonds. The summed E-state index contributed by atoms with van der Waals surface area (Å²) in [6.45, 7) is 4.08. The molecule has 3 rings (SSSR count). The maximum absolute atomic E-state index is 12.4. The van der Waals surface area contributed by atoms with Gasteiger partial charge in [-0.15, -0.1) is 0 Å². The number of nitrogens with one attached hydrogen (secondary N) is 3. The highest BCUT2D eigenvalue weighted by molar-refractivity contribution is 6.68. The van der Waals surface area contributed by atoms with Gasteiger partial charge in [0.2, 0.25) is 5.91 Å². The Labute approximate surface area is 192 Å². The van der Waals surface area contributed by atoms with E-state index in [1.807, 2.05) is 13.8 Å². The van der Waals surface area contributed by atoms with Gasteiger partial charge in [-0.1, -0.05) is 32.3 Å². The van der Waals surface area contributed by atoms with Crippen molar-refractivity contribution < 1.29 is 22.8 Å². The largest absolute Gasteiger partial charge is 0.416 e. The predicted octanol–water partition coefficient (Wildman–Crippen LogP) is 5.10. The molecule has 0 aliphatic carbocycles. The van der Waals surface area contributed by atoms with Crippen LogP contribution < -0.4 is 16.2 Å². The Morgan fingerprint density at radius 2 is 1.79 bits per heavy atom. The molecule has 2 aromatic carbocycles. The Morgan fingerprint density at radius 3 is 2.30 bits per heavy atom. The number of halogens is 3. The molecule has 1 fully saturated rings. The summed E-state index contributed by atoms with van der Waals surface area (Å²) in [5.41, 5.74) is 5.91. The third-order valence-corrected chi connectivity index (χ3v) is 4.81. The highest BCUT2D eigenvalue weighted by atomic mass is 19.4.